The quantitative estimate of drug-likeness (QED) is 0.776. The van der Waals surface area contributed by atoms with Gasteiger partial charge in [0, 0.05) is 18.0 Å². The zero-order valence-electron chi connectivity index (χ0n) is 13.7. The van der Waals surface area contributed by atoms with E-state index in [0.29, 0.717) is 17.0 Å². The van der Waals surface area contributed by atoms with Gasteiger partial charge in [-0.3, -0.25) is 9.71 Å². The van der Waals surface area contributed by atoms with E-state index in [1.807, 2.05) is 38.1 Å². The van der Waals surface area contributed by atoms with Crippen molar-refractivity contribution in [3.63, 3.8) is 0 Å². The lowest BCUT2D eigenvalue weighted by Gasteiger charge is -2.13. The Labute approximate surface area is 141 Å². The third-order valence-electron chi connectivity index (χ3n) is 3.79. The van der Waals surface area contributed by atoms with Crippen molar-refractivity contribution in [3.05, 3.63) is 65.7 Å². The Balaban J connectivity index is 1.99. The summed E-state index contributed by atoms with van der Waals surface area (Å²) in [6.45, 7) is 5.46. The van der Waals surface area contributed by atoms with Crippen LogP contribution in [0.4, 0.5) is 5.69 Å². The lowest BCUT2D eigenvalue weighted by Crippen LogP contribution is -2.15. The van der Waals surface area contributed by atoms with Crippen LogP contribution >= 0.6 is 0 Å². The molecule has 3 rings (SSSR count). The molecule has 0 atom stereocenters. The lowest BCUT2D eigenvalue weighted by molar-refractivity contribution is 0.548. The highest BCUT2D eigenvalue weighted by Crippen LogP contribution is 2.28. The van der Waals surface area contributed by atoms with Gasteiger partial charge in [0.15, 0.2) is 0 Å². The molecule has 0 spiro atoms. The Morgan fingerprint density at radius 1 is 1.00 bits per heavy atom. The Morgan fingerprint density at radius 2 is 1.79 bits per heavy atom. The van der Waals surface area contributed by atoms with Gasteiger partial charge in [-0.05, 0) is 56.2 Å². The van der Waals surface area contributed by atoms with E-state index in [0.717, 1.165) is 16.9 Å². The highest BCUT2D eigenvalue weighted by atomic mass is 32.2. The van der Waals surface area contributed by atoms with Crippen LogP contribution in [-0.2, 0) is 10.0 Å². The number of benzene rings is 1. The maximum atomic E-state index is 12.7. The minimum atomic E-state index is -3.70. The molecular formula is C18H18N2O3S. The molecule has 2 heterocycles. The minimum absolute atomic E-state index is 0.170. The van der Waals surface area contributed by atoms with Crippen molar-refractivity contribution >= 4 is 15.7 Å². The first-order chi connectivity index (χ1) is 11.4. The van der Waals surface area contributed by atoms with Gasteiger partial charge in [-0.25, -0.2) is 8.42 Å². The fourth-order valence-corrected chi connectivity index (χ4v) is 3.72. The molecule has 0 saturated carbocycles. The van der Waals surface area contributed by atoms with E-state index >= 15 is 0 Å². The molecule has 0 aliphatic heterocycles. The van der Waals surface area contributed by atoms with E-state index < -0.39 is 10.0 Å². The molecule has 0 aliphatic carbocycles. The van der Waals surface area contributed by atoms with E-state index in [2.05, 4.69) is 9.71 Å². The van der Waals surface area contributed by atoms with Crippen LogP contribution in [0.15, 0.2) is 58.1 Å². The number of aryl methyl sites for hydroxylation is 3. The first-order valence-corrected chi connectivity index (χ1v) is 8.96. The van der Waals surface area contributed by atoms with Gasteiger partial charge in [0.05, 0.1) is 5.69 Å². The number of nitrogens with one attached hydrogen (secondary N) is 1. The van der Waals surface area contributed by atoms with Crippen molar-refractivity contribution in [1.82, 2.24) is 4.98 Å². The minimum Gasteiger partial charge on any atom is -0.461 e. The molecule has 3 aromatic rings. The molecule has 0 saturated heterocycles. The maximum absolute atomic E-state index is 12.7. The number of sulfonamides is 1. The fourth-order valence-electron chi connectivity index (χ4n) is 2.41. The second kappa shape index (κ2) is 6.13. The SMILES string of the molecule is Cc1ccc(-c2ccc(C)c(NS(=O)(=O)c3cnccc3C)c2)o1. The molecule has 5 nitrogen and oxygen atoms in total. The van der Waals surface area contributed by atoms with Gasteiger partial charge >= 0.3 is 0 Å². The van der Waals surface area contributed by atoms with Gasteiger partial charge in [0.1, 0.15) is 16.4 Å². The number of rotatable bonds is 4. The first kappa shape index (κ1) is 16.3. The van der Waals surface area contributed by atoms with E-state index in [-0.39, 0.29) is 4.90 Å². The highest BCUT2D eigenvalue weighted by molar-refractivity contribution is 7.92. The van der Waals surface area contributed by atoms with Gasteiger partial charge in [0.25, 0.3) is 10.0 Å². The predicted octanol–water partition coefficient (Wildman–Crippen LogP) is 4.07. The molecule has 0 fully saturated rings. The standard InChI is InChI=1S/C18H18N2O3S/c1-12-4-6-15(17-7-5-14(3)23-17)10-16(12)20-24(21,22)18-11-19-9-8-13(18)2/h4-11,20H,1-3H3. The smallest absolute Gasteiger partial charge is 0.263 e. The van der Waals surface area contributed by atoms with Crippen molar-refractivity contribution < 1.29 is 12.8 Å². The summed E-state index contributed by atoms with van der Waals surface area (Å²) in [4.78, 5) is 4.08. The van der Waals surface area contributed by atoms with Gasteiger partial charge < -0.3 is 4.42 Å². The van der Waals surface area contributed by atoms with Crippen LogP contribution in [0.2, 0.25) is 0 Å². The van der Waals surface area contributed by atoms with Crippen molar-refractivity contribution in [3.8, 4) is 11.3 Å². The number of pyridine rings is 1. The number of hydrogen-bond acceptors (Lipinski definition) is 4. The molecular weight excluding hydrogens is 324 g/mol. The summed E-state index contributed by atoms with van der Waals surface area (Å²) in [5.74, 6) is 1.50. The summed E-state index contributed by atoms with van der Waals surface area (Å²) in [5.41, 5.74) is 2.80. The molecule has 0 aliphatic rings. The molecule has 1 N–H and O–H groups in total. The zero-order chi connectivity index (χ0) is 17.3. The number of furan rings is 1. The number of nitrogens with zero attached hydrogens (tertiary/aromatic N) is 1. The van der Waals surface area contributed by atoms with E-state index in [9.17, 15) is 8.42 Å². The average Bonchev–Trinajstić information content (AvgIpc) is 2.96. The Morgan fingerprint density at radius 3 is 2.46 bits per heavy atom. The number of anilines is 1. The van der Waals surface area contributed by atoms with E-state index in [1.54, 1.807) is 25.3 Å². The largest absolute Gasteiger partial charge is 0.461 e. The average molecular weight is 342 g/mol. The summed E-state index contributed by atoms with van der Waals surface area (Å²) in [5, 5.41) is 0. The van der Waals surface area contributed by atoms with E-state index in [1.165, 1.54) is 6.20 Å². The van der Waals surface area contributed by atoms with Gasteiger partial charge in [0.2, 0.25) is 0 Å². The third-order valence-corrected chi connectivity index (χ3v) is 5.28. The molecule has 0 amide bonds. The normalized spacial score (nSPS) is 11.5. The molecule has 0 radical (unpaired) electrons. The van der Waals surface area contributed by atoms with Crippen molar-refractivity contribution in [2.75, 3.05) is 4.72 Å². The first-order valence-electron chi connectivity index (χ1n) is 7.48. The Kier molecular flexibility index (Phi) is 4.15. The molecule has 6 heteroatoms. The molecule has 2 aromatic heterocycles. The maximum Gasteiger partial charge on any atom is 0.263 e. The van der Waals surface area contributed by atoms with Crippen molar-refractivity contribution in [2.45, 2.75) is 25.7 Å². The molecule has 1 aromatic carbocycles. The topological polar surface area (TPSA) is 72.2 Å². The molecule has 0 unspecified atom stereocenters. The molecule has 24 heavy (non-hydrogen) atoms. The summed E-state index contributed by atoms with van der Waals surface area (Å²) >= 11 is 0. The summed E-state index contributed by atoms with van der Waals surface area (Å²) < 4.78 is 33.6. The highest BCUT2D eigenvalue weighted by Gasteiger charge is 2.18. The van der Waals surface area contributed by atoms with Crippen LogP contribution in [-0.4, -0.2) is 13.4 Å². The van der Waals surface area contributed by atoms with Crippen LogP contribution in [0.5, 0.6) is 0 Å². The Bertz CT molecular complexity index is 991. The fraction of sp³-hybridized carbons (Fsp3) is 0.167. The lowest BCUT2D eigenvalue weighted by atomic mass is 10.1. The van der Waals surface area contributed by atoms with Crippen LogP contribution in [0, 0.1) is 20.8 Å². The Hall–Kier alpha value is -2.60. The van der Waals surface area contributed by atoms with Crippen molar-refractivity contribution in [1.29, 1.82) is 0 Å². The number of aromatic nitrogens is 1. The molecule has 124 valence electrons. The van der Waals surface area contributed by atoms with Gasteiger partial charge in [-0.1, -0.05) is 12.1 Å². The monoisotopic (exact) mass is 342 g/mol. The predicted molar refractivity (Wildman–Crippen MR) is 93.4 cm³/mol. The second-order valence-electron chi connectivity index (χ2n) is 5.69. The third kappa shape index (κ3) is 3.19. The number of hydrogen-bond donors (Lipinski definition) is 1. The van der Waals surface area contributed by atoms with E-state index in [4.69, 9.17) is 4.42 Å². The van der Waals surface area contributed by atoms with Crippen LogP contribution in [0.1, 0.15) is 16.9 Å². The van der Waals surface area contributed by atoms with Gasteiger partial charge in [-0.2, -0.15) is 0 Å². The van der Waals surface area contributed by atoms with Crippen LogP contribution in [0.3, 0.4) is 0 Å². The summed E-state index contributed by atoms with van der Waals surface area (Å²) in [6, 6.07) is 10.9. The van der Waals surface area contributed by atoms with Crippen LogP contribution < -0.4 is 4.72 Å². The summed E-state index contributed by atoms with van der Waals surface area (Å²) in [7, 11) is -3.70. The molecule has 0 bridgehead atoms. The summed E-state index contributed by atoms with van der Waals surface area (Å²) in [6.07, 6.45) is 2.92. The van der Waals surface area contributed by atoms with Crippen molar-refractivity contribution in [2.24, 2.45) is 0 Å². The zero-order valence-corrected chi connectivity index (χ0v) is 14.5. The second-order valence-corrected chi connectivity index (χ2v) is 7.34. The van der Waals surface area contributed by atoms with Gasteiger partial charge in [-0.15, -0.1) is 0 Å². The van der Waals surface area contributed by atoms with Crippen LogP contribution in [0.25, 0.3) is 11.3 Å².